The fraction of sp³-hybridized carbons (Fsp3) is 0.211. The van der Waals surface area contributed by atoms with Gasteiger partial charge in [-0.05, 0) is 62.7 Å². The molecule has 0 aliphatic rings. The number of halogens is 1. The first-order valence-corrected chi connectivity index (χ1v) is 8.80. The van der Waals surface area contributed by atoms with Gasteiger partial charge >= 0.3 is 0 Å². The van der Waals surface area contributed by atoms with Crippen LogP contribution in [0.5, 0.6) is 0 Å². The molecule has 1 aromatic carbocycles. The number of hydrogen-bond acceptors (Lipinski definition) is 4. The fourth-order valence-corrected chi connectivity index (χ4v) is 2.98. The van der Waals surface area contributed by atoms with Gasteiger partial charge in [0.15, 0.2) is 5.76 Å². The molecule has 134 valence electrons. The first-order chi connectivity index (χ1) is 12.3. The summed E-state index contributed by atoms with van der Waals surface area (Å²) < 4.78 is 7.43. The van der Waals surface area contributed by atoms with Crippen molar-refractivity contribution >= 4 is 27.5 Å². The lowest BCUT2D eigenvalue weighted by atomic mass is 10.0. The molecule has 0 saturated carbocycles. The third-order valence-electron chi connectivity index (χ3n) is 4.10. The Morgan fingerprint density at radius 2 is 2.00 bits per heavy atom. The Morgan fingerprint density at radius 1 is 1.23 bits per heavy atom. The maximum Gasteiger partial charge on any atom is 0.267 e. The minimum Gasteiger partial charge on any atom is -0.463 e. The zero-order valence-corrected chi connectivity index (χ0v) is 16.2. The molecule has 0 unspecified atom stereocenters. The van der Waals surface area contributed by atoms with E-state index in [0.29, 0.717) is 17.1 Å². The van der Waals surface area contributed by atoms with E-state index < -0.39 is 5.54 Å². The number of nitrogens with zero attached hydrogens (tertiary/aromatic N) is 2. The van der Waals surface area contributed by atoms with E-state index in [0.717, 1.165) is 10.0 Å². The average Bonchev–Trinajstić information content (AvgIpc) is 3.12. The number of amides is 1. The molecule has 6 nitrogen and oxygen atoms in total. The largest absolute Gasteiger partial charge is 0.463 e. The van der Waals surface area contributed by atoms with E-state index in [1.807, 2.05) is 25.1 Å². The van der Waals surface area contributed by atoms with Crippen molar-refractivity contribution in [2.75, 3.05) is 5.32 Å². The number of rotatable bonds is 4. The van der Waals surface area contributed by atoms with E-state index in [4.69, 9.17) is 4.42 Å². The lowest BCUT2D eigenvalue weighted by molar-refractivity contribution is -0.123. The Balaban J connectivity index is 1.95. The highest BCUT2D eigenvalue weighted by atomic mass is 79.9. The van der Waals surface area contributed by atoms with Crippen molar-refractivity contribution in [3.63, 3.8) is 0 Å². The molecule has 2 heterocycles. The zero-order valence-electron chi connectivity index (χ0n) is 14.6. The number of nitrogens with one attached hydrogen (secondary N) is 1. The topological polar surface area (TPSA) is 77.1 Å². The average molecular weight is 416 g/mol. The van der Waals surface area contributed by atoms with Crippen molar-refractivity contribution in [2.45, 2.75) is 26.3 Å². The van der Waals surface area contributed by atoms with Crippen LogP contribution in [0.1, 0.15) is 19.4 Å². The van der Waals surface area contributed by atoms with Crippen molar-refractivity contribution in [2.24, 2.45) is 0 Å². The maximum absolute atomic E-state index is 12.9. The second-order valence-electron chi connectivity index (χ2n) is 6.42. The minimum atomic E-state index is -1.20. The summed E-state index contributed by atoms with van der Waals surface area (Å²) in [5.74, 6) is 0.188. The summed E-state index contributed by atoms with van der Waals surface area (Å²) in [4.78, 5) is 25.2. The highest BCUT2D eigenvalue weighted by molar-refractivity contribution is 9.10. The normalized spacial score (nSPS) is 11.4. The summed E-state index contributed by atoms with van der Waals surface area (Å²) in [7, 11) is 0. The molecule has 3 rings (SSSR count). The van der Waals surface area contributed by atoms with E-state index in [2.05, 4.69) is 26.3 Å². The van der Waals surface area contributed by atoms with Gasteiger partial charge in [-0.2, -0.15) is 5.10 Å². The first kappa shape index (κ1) is 18.1. The Bertz CT molecular complexity index is 1010. The maximum atomic E-state index is 12.9. The van der Waals surface area contributed by atoms with Crippen molar-refractivity contribution in [3.8, 4) is 11.5 Å². The van der Waals surface area contributed by atoms with Gasteiger partial charge in [-0.15, -0.1) is 0 Å². The Kier molecular flexibility index (Phi) is 4.82. The number of hydrogen-bond donors (Lipinski definition) is 1. The van der Waals surface area contributed by atoms with Crippen LogP contribution >= 0.6 is 15.9 Å². The number of benzene rings is 1. The quantitative estimate of drug-likeness (QED) is 0.699. The third kappa shape index (κ3) is 3.48. The standard InChI is InChI=1S/C19H18BrN3O3/c1-12-11-13(20)6-7-14(12)21-18(25)19(2,3)23-17(24)9-8-15(22-23)16-5-4-10-26-16/h4-11H,1-3H3,(H,21,25). The van der Waals surface area contributed by atoms with E-state index in [1.165, 1.54) is 17.0 Å². The fourth-order valence-electron chi connectivity index (χ4n) is 2.51. The lowest BCUT2D eigenvalue weighted by Crippen LogP contribution is -2.47. The summed E-state index contributed by atoms with van der Waals surface area (Å²) >= 11 is 3.40. The van der Waals surface area contributed by atoms with Gasteiger partial charge in [-0.1, -0.05) is 15.9 Å². The highest BCUT2D eigenvalue weighted by Gasteiger charge is 2.32. The number of furan rings is 1. The summed E-state index contributed by atoms with van der Waals surface area (Å²) in [6, 6.07) is 12.0. The van der Waals surface area contributed by atoms with Crippen LogP contribution in [0.25, 0.3) is 11.5 Å². The van der Waals surface area contributed by atoms with Crippen LogP contribution in [0.15, 0.2) is 62.4 Å². The van der Waals surface area contributed by atoms with Crippen molar-refractivity contribution in [3.05, 3.63) is 69.1 Å². The second kappa shape index (κ2) is 6.92. The Morgan fingerprint density at radius 3 is 2.65 bits per heavy atom. The molecule has 3 aromatic rings. The molecule has 0 saturated heterocycles. The van der Waals surface area contributed by atoms with E-state index in [1.54, 1.807) is 32.0 Å². The molecular weight excluding hydrogens is 398 g/mol. The van der Waals surface area contributed by atoms with Gasteiger partial charge in [-0.25, -0.2) is 4.68 Å². The van der Waals surface area contributed by atoms with Crippen LogP contribution in [0, 0.1) is 6.92 Å². The predicted octanol–water partition coefficient (Wildman–Crippen LogP) is 3.95. The summed E-state index contributed by atoms with van der Waals surface area (Å²) in [6.45, 7) is 5.20. The number of carbonyl (C=O) groups excluding carboxylic acids is 1. The van der Waals surface area contributed by atoms with Gasteiger partial charge in [0.05, 0.1) is 6.26 Å². The third-order valence-corrected chi connectivity index (χ3v) is 4.59. The molecule has 0 spiro atoms. The van der Waals surface area contributed by atoms with Crippen LogP contribution in [0.4, 0.5) is 5.69 Å². The van der Waals surface area contributed by atoms with E-state index in [-0.39, 0.29) is 11.5 Å². The van der Waals surface area contributed by atoms with Crippen molar-refractivity contribution in [1.82, 2.24) is 9.78 Å². The Labute approximate surface area is 159 Å². The van der Waals surface area contributed by atoms with Gasteiger partial charge in [0.25, 0.3) is 11.5 Å². The lowest BCUT2D eigenvalue weighted by Gasteiger charge is -2.25. The second-order valence-corrected chi connectivity index (χ2v) is 7.33. The number of aryl methyl sites for hydroxylation is 1. The van der Waals surface area contributed by atoms with Crippen LogP contribution < -0.4 is 10.9 Å². The zero-order chi connectivity index (χ0) is 18.9. The molecule has 0 bridgehead atoms. The minimum absolute atomic E-state index is 0.339. The van der Waals surface area contributed by atoms with Gasteiger partial charge in [0.1, 0.15) is 11.2 Å². The molecule has 0 radical (unpaired) electrons. The van der Waals surface area contributed by atoms with Gasteiger partial charge in [0, 0.05) is 16.2 Å². The molecule has 2 aromatic heterocycles. The van der Waals surface area contributed by atoms with Crippen LogP contribution in [-0.4, -0.2) is 15.7 Å². The van der Waals surface area contributed by atoms with Crippen molar-refractivity contribution < 1.29 is 9.21 Å². The van der Waals surface area contributed by atoms with Gasteiger partial charge in [0.2, 0.25) is 0 Å². The molecule has 7 heteroatoms. The summed E-state index contributed by atoms with van der Waals surface area (Å²) in [5.41, 5.74) is 0.511. The molecule has 1 N–H and O–H groups in total. The molecule has 0 atom stereocenters. The number of aromatic nitrogens is 2. The molecular formula is C19H18BrN3O3. The van der Waals surface area contributed by atoms with Gasteiger partial charge in [-0.3, -0.25) is 9.59 Å². The highest BCUT2D eigenvalue weighted by Crippen LogP contribution is 2.23. The van der Waals surface area contributed by atoms with Crippen LogP contribution in [0.2, 0.25) is 0 Å². The van der Waals surface area contributed by atoms with Crippen molar-refractivity contribution in [1.29, 1.82) is 0 Å². The Hall–Kier alpha value is -2.67. The number of anilines is 1. The van der Waals surface area contributed by atoms with Crippen LogP contribution in [-0.2, 0) is 10.3 Å². The monoisotopic (exact) mass is 415 g/mol. The molecule has 0 aliphatic carbocycles. The molecule has 1 amide bonds. The van der Waals surface area contributed by atoms with Gasteiger partial charge < -0.3 is 9.73 Å². The van der Waals surface area contributed by atoms with Crippen LogP contribution in [0.3, 0.4) is 0 Å². The summed E-state index contributed by atoms with van der Waals surface area (Å²) in [5, 5.41) is 7.20. The number of carbonyl (C=O) groups is 1. The molecule has 0 fully saturated rings. The summed E-state index contributed by atoms with van der Waals surface area (Å²) in [6.07, 6.45) is 1.53. The predicted molar refractivity (Wildman–Crippen MR) is 103 cm³/mol. The first-order valence-electron chi connectivity index (χ1n) is 8.01. The van der Waals surface area contributed by atoms with E-state index >= 15 is 0 Å². The molecule has 0 aliphatic heterocycles. The smallest absolute Gasteiger partial charge is 0.267 e. The van der Waals surface area contributed by atoms with E-state index in [9.17, 15) is 9.59 Å². The molecule has 26 heavy (non-hydrogen) atoms. The SMILES string of the molecule is Cc1cc(Br)ccc1NC(=O)C(C)(C)n1nc(-c2ccco2)ccc1=O.